The fraction of sp³-hybridized carbons (Fsp3) is 0.545. The molecule has 0 aromatic carbocycles. The van der Waals surface area contributed by atoms with E-state index in [1.54, 1.807) is 12.4 Å². The predicted octanol–water partition coefficient (Wildman–Crippen LogP) is 1.97. The molecule has 0 aliphatic heterocycles. The number of nitriles is 1. The van der Waals surface area contributed by atoms with Gasteiger partial charge in [0, 0.05) is 25.0 Å². The third-order valence-electron chi connectivity index (χ3n) is 2.52. The van der Waals surface area contributed by atoms with Gasteiger partial charge < -0.3 is 4.90 Å². The van der Waals surface area contributed by atoms with Gasteiger partial charge in [0.2, 0.25) is 0 Å². The summed E-state index contributed by atoms with van der Waals surface area (Å²) in [6, 6.07) is 2.45. The van der Waals surface area contributed by atoms with E-state index in [0.717, 1.165) is 13.0 Å². The number of nitrogens with zero attached hydrogens (tertiary/aromatic N) is 4. The Morgan fingerprint density at radius 1 is 1.40 bits per heavy atom. The van der Waals surface area contributed by atoms with Crippen LogP contribution in [0.15, 0.2) is 12.4 Å². The summed E-state index contributed by atoms with van der Waals surface area (Å²) in [6.45, 7) is 7.14. The molecule has 1 rings (SSSR count). The molecule has 0 aliphatic carbocycles. The van der Waals surface area contributed by atoms with Gasteiger partial charge in [0.05, 0.1) is 0 Å². The first-order valence-corrected chi connectivity index (χ1v) is 5.22. The van der Waals surface area contributed by atoms with Crippen molar-refractivity contribution >= 4 is 5.82 Å². The Bertz CT molecular complexity index is 356. The van der Waals surface area contributed by atoms with Gasteiger partial charge in [0.25, 0.3) is 0 Å². The molecule has 1 aromatic heterocycles. The average molecular weight is 204 g/mol. The Morgan fingerprint density at radius 2 is 2.07 bits per heavy atom. The molecule has 0 bridgehead atoms. The zero-order valence-electron chi connectivity index (χ0n) is 9.44. The molecule has 0 spiro atoms. The molecular weight excluding hydrogens is 188 g/mol. The summed E-state index contributed by atoms with van der Waals surface area (Å²) >= 11 is 0. The van der Waals surface area contributed by atoms with Gasteiger partial charge in [-0.25, -0.2) is 9.97 Å². The van der Waals surface area contributed by atoms with E-state index in [0.29, 0.717) is 17.6 Å². The van der Waals surface area contributed by atoms with E-state index >= 15 is 0 Å². The number of hydrogen-bond donors (Lipinski definition) is 0. The molecule has 0 N–H and O–H groups in total. The van der Waals surface area contributed by atoms with Gasteiger partial charge in [-0.1, -0.05) is 6.92 Å². The Balaban J connectivity index is 3.07. The molecule has 80 valence electrons. The van der Waals surface area contributed by atoms with Crippen molar-refractivity contribution in [2.45, 2.75) is 33.2 Å². The molecule has 0 amide bonds. The molecule has 4 nitrogen and oxygen atoms in total. The van der Waals surface area contributed by atoms with Gasteiger partial charge in [-0.3, -0.25) is 0 Å². The van der Waals surface area contributed by atoms with Gasteiger partial charge in [0.1, 0.15) is 6.07 Å². The minimum absolute atomic E-state index is 0.374. The third-order valence-corrected chi connectivity index (χ3v) is 2.52. The maximum Gasteiger partial charge on any atom is 0.183 e. The molecule has 1 heterocycles. The number of hydrogen-bond acceptors (Lipinski definition) is 4. The van der Waals surface area contributed by atoms with E-state index in [-0.39, 0.29) is 0 Å². The standard InChI is InChI=1S/C11H16N4/c1-4-9(3)15(5-2)11-10(8-12)13-6-7-14-11/h6-7,9H,4-5H2,1-3H3. The maximum absolute atomic E-state index is 8.94. The number of aromatic nitrogens is 2. The zero-order valence-corrected chi connectivity index (χ0v) is 9.44. The van der Waals surface area contributed by atoms with E-state index in [9.17, 15) is 0 Å². The van der Waals surface area contributed by atoms with E-state index in [2.05, 4.69) is 41.7 Å². The van der Waals surface area contributed by atoms with Gasteiger partial charge in [-0.05, 0) is 20.3 Å². The van der Waals surface area contributed by atoms with Crippen LogP contribution in [-0.4, -0.2) is 22.6 Å². The Morgan fingerprint density at radius 3 is 2.60 bits per heavy atom. The lowest BCUT2D eigenvalue weighted by Gasteiger charge is -2.28. The van der Waals surface area contributed by atoms with Gasteiger partial charge >= 0.3 is 0 Å². The quantitative estimate of drug-likeness (QED) is 0.752. The van der Waals surface area contributed by atoms with Crippen molar-refractivity contribution in [3.05, 3.63) is 18.1 Å². The summed E-state index contributed by atoms with van der Waals surface area (Å²) in [7, 11) is 0. The highest BCUT2D eigenvalue weighted by Crippen LogP contribution is 2.17. The molecule has 15 heavy (non-hydrogen) atoms. The molecule has 0 saturated heterocycles. The van der Waals surface area contributed by atoms with Gasteiger partial charge in [-0.15, -0.1) is 0 Å². The van der Waals surface area contributed by atoms with Crippen LogP contribution in [0.1, 0.15) is 32.9 Å². The maximum atomic E-state index is 8.94. The minimum Gasteiger partial charge on any atom is -0.352 e. The molecule has 1 aromatic rings. The first-order chi connectivity index (χ1) is 7.24. The topological polar surface area (TPSA) is 52.8 Å². The van der Waals surface area contributed by atoms with E-state index < -0.39 is 0 Å². The van der Waals surface area contributed by atoms with Crippen molar-refractivity contribution in [3.63, 3.8) is 0 Å². The molecule has 0 aliphatic rings. The monoisotopic (exact) mass is 204 g/mol. The largest absolute Gasteiger partial charge is 0.352 e. The van der Waals surface area contributed by atoms with Crippen LogP contribution in [-0.2, 0) is 0 Å². The van der Waals surface area contributed by atoms with Crippen LogP contribution in [0.3, 0.4) is 0 Å². The van der Waals surface area contributed by atoms with Crippen molar-refractivity contribution in [3.8, 4) is 6.07 Å². The predicted molar refractivity (Wildman–Crippen MR) is 59.5 cm³/mol. The lowest BCUT2D eigenvalue weighted by Crippen LogP contribution is -2.33. The molecule has 1 atom stereocenters. The molecule has 0 fully saturated rings. The lowest BCUT2D eigenvalue weighted by atomic mass is 10.2. The fourth-order valence-electron chi connectivity index (χ4n) is 1.51. The molecule has 0 radical (unpaired) electrons. The van der Waals surface area contributed by atoms with Crippen LogP contribution in [0.4, 0.5) is 5.82 Å². The SMILES string of the molecule is CCC(C)N(CC)c1nccnc1C#N. The van der Waals surface area contributed by atoms with Gasteiger partial charge in [-0.2, -0.15) is 5.26 Å². The second-order valence-corrected chi connectivity index (χ2v) is 3.38. The first-order valence-electron chi connectivity index (χ1n) is 5.22. The number of anilines is 1. The van der Waals surface area contributed by atoms with E-state index in [1.165, 1.54) is 0 Å². The van der Waals surface area contributed by atoms with Crippen LogP contribution >= 0.6 is 0 Å². The van der Waals surface area contributed by atoms with E-state index in [1.807, 2.05) is 0 Å². The zero-order chi connectivity index (χ0) is 11.3. The summed E-state index contributed by atoms with van der Waals surface area (Å²) < 4.78 is 0. The van der Waals surface area contributed by atoms with Crippen LogP contribution < -0.4 is 4.90 Å². The highest BCUT2D eigenvalue weighted by Gasteiger charge is 2.16. The van der Waals surface area contributed by atoms with Crippen molar-refractivity contribution in [2.75, 3.05) is 11.4 Å². The second-order valence-electron chi connectivity index (χ2n) is 3.38. The molecule has 0 saturated carbocycles. The first kappa shape index (κ1) is 11.4. The minimum atomic E-state index is 0.374. The second kappa shape index (κ2) is 5.30. The van der Waals surface area contributed by atoms with Crippen LogP contribution in [0.2, 0.25) is 0 Å². The summed E-state index contributed by atoms with van der Waals surface area (Å²) in [5, 5.41) is 8.94. The van der Waals surface area contributed by atoms with Crippen LogP contribution in [0, 0.1) is 11.3 Å². The Labute approximate surface area is 90.6 Å². The normalized spacial score (nSPS) is 11.9. The van der Waals surface area contributed by atoms with Crippen LogP contribution in [0.5, 0.6) is 0 Å². The Hall–Kier alpha value is -1.63. The van der Waals surface area contributed by atoms with Crippen molar-refractivity contribution in [1.82, 2.24) is 9.97 Å². The van der Waals surface area contributed by atoms with E-state index in [4.69, 9.17) is 5.26 Å². The Kier molecular flexibility index (Phi) is 4.04. The smallest absolute Gasteiger partial charge is 0.183 e. The van der Waals surface area contributed by atoms with Crippen molar-refractivity contribution in [1.29, 1.82) is 5.26 Å². The summed E-state index contributed by atoms with van der Waals surface area (Å²) in [5.41, 5.74) is 0.402. The van der Waals surface area contributed by atoms with Gasteiger partial charge in [0.15, 0.2) is 11.5 Å². The fourth-order valence-corrected chi connectivity index (χ4v) is 1.51. The molecule has 4 heteroatoms. The molecular formula is C11H16N4. The number of rotatable bonds is 4. The van der Waals surface area contributed by atoms with Crippen molar-refractivity contribution < 1.29 is 0 Å². The van der Waals surface area contributed by atoms with Crippen LogP contribution in [0.25, 0.3) is 0 Å². The highest BCUT2D eigenvalue weighted by molar-refractivity contribution is 5.49. The lowest BCUT2D eigenvalue weighted by molar-refractivity contribution is 0.621. The average Bonchev–Trinajstić information content (AvgIpc) is 2.30. The highest BCUT2D eigenvalue weighted by atomic mass is 15.2. The summed E-state index contributed by atoms with van der Waals surface area (Å²) in [6.07, 6.45) is 4.20. The molecule has 1 unspecified atom stereocenters. The summed E-state index contributed by atoms with van der Waals surface area (Å²) in [5.74, 6) is 0.692. The van der Waals surface area contributed by atoms with Crippen molar-refractivity contribution in [2.24, 2.45) is 0 Å². The third kappa shape index (κ3) is 2.44. The summed E-state index contributed by atoms with van der Waals surface area (Å²) in [4.78, 5) is 10.4.